The second-order valence-corrected chi connectivity index (χ2v) is 4.57. The van der Waals surface area contributed by atoms with E-state index in [4.69, 9.17) is 0 Å². The van der Waals surface area contributed by atoms with E-state index in [9.17, 15) is 5.11 Å². The van der Waals surface area contributed by atoms with Crippen molar-refractivity contribution in [2.24, 2.45) is 18.9 Å². The summed E-state index contributed by atoms with van der Waals surface area (Å²) < 4.78 is 1.67. The van der Waals surface area contributed by atoms with E-state index >= 15 is 0 Å². The Kier molecular flexibility index (Phi) is 3.05. The molecule has 0 aromatic carbocycles. The molecule has 0 aliphatic heterocycles. The van der Waals surface area contributed by atoms with E-state index < -0.39 is 0 Å². The van der Waals surface area contributed by atoms with Crippen molar-refractivity contribution in [2.75, 3.05) is 0 Å². The minimum absolute atomic E-state index is 0.387. The van der Waals surface area contributed by atoms with Crippen LogP contribution in [-0.4, -0.2) is 20.1 Å². The van der Waals surface area contributed by atoms with Gasteiger partial charge in [0.2, 0.25) is 0 Å². The molecule has 0 bridgehead atoms. The molecule has 1 saturated carbocycles. The van der Waals surface area contributed by atoms with Gasteiger partial charge in [-0.3, -0.25) is 0 Å². The summed E-state index contributed by atoms with van der Waals surface area (Å²) in [7, 11) is 1.83. The molecule has 1 aliphatic carbocycles. The van der Waals surface area contributed by atoms with Gasteiger partial charge in [0.15, 0.2) is 0 Å². The maximum atomic E-state index is 10.2. The Morgan fingerprint density at radius 3 is 2.93 bits per heavy atom. The second-order valence-electron chi connectivity index (χ2n) is 4.57. The van der Waals surface area contributed by atoms with Crippen molar-refractivity contribution in [1.82, 2.24) is 15.0 Å². The first-order valence-electron chi connectivity index (χ1n) is 5.75. The average Bonchev–Trinajstić information content (AvgIpc) is 2.84. The van der Waals surface area contributed by atoms with Crippen LogP contribution in [0, 0.1) is 11.8 Å². The molecule has 1 fully saturated rings. The van der Waals surface area contributed by atoms with Gasteiger partial charge in [0, 0.05) is 7.05 Å². The standard InChI is InChI=1S/C11H19N3O/c1-3-8-4-5-9(6-8)11(15)10-7-12-13-14(10)2/h7-9,11,15H,3-6H2,1-2H3. The van der Waals surface area contributed by atoms with E-state index in [1.54, 1.807) is 10.9 Å². The van der Waals surface area contributed by atoms with Crippen LogP contribution in [0.2, 0.25) is 0 Å². The van der Waals surface area contributed by atoms with Gasteiger partial charge >= 0.3 is 0 Å². The zero-order valence-electron chi connectivity index (χ0n) is 9.43. The van der Waals surface area contributed by atoms with Gasteiger partial charge in [-0.1, -0.05) is 25.0 Å². The van der Waals surface area contributed by atoms with E-state index in [1.807, 2.05) is 7.05 Å². The highest BCUT2D eigenvalue weighted by Crippen LogP contribution is 2.39. The number of aliphatic hydroxyl groups excluding tert-OH is 1. The first kappa shape index (κ1) is 10.6. The van der Waals surface area contributed by atoms with Crippen LogP contribution in [0.5, 0.6) is 0 Å². The zero-order chi connectivity index (χ0) is 10.8. The Labute approximate surface area is 90.3 Å². The molecule has 4 nitrogen and oxygen atoms in total. The third-order valence-corrected chi connectivity index (χ3v) is 3.66. The molecule has 4 heteroatoms. The molecule has 0 saturated heterocycles. The molecule has 84 valence electrons. The third-order valence-electron chi connectivity index (χ3n) is 3.66. The summed E-state index contributed by atoms with van der Waals surface area (Å²) in [6.45, 7) is 2.23. The largest absolute Gasteiger partial charge is 0.386 e. The fraction of sp³-hybridized carbons (Fsp3) is 0.818. The molecule has 0 amide bonds. The van der Waals surface area contributed by atoms with E-state index in [2.05, 4.69) is 17.2 Å². The number of hydrogen-bond acceptors (Lipinski definition) is 3. The molecular formula is C11H19N3O. The van der Waals surface area contributed by atoms with Crippen molar-refractivity contribution in [3.8, 4) is 0 Å². The van der Waals surface area contributed by atoms with Crippen LogP contribution >= 0.6 is 0 Å². The SMILES string of the molecule is CCC1CCC(C(O)c2cnnn2C)C1. The Morgan fingerprint density at radius 1 is 1.60 bits per heavy atom. The minimum atomic E-state index is -0.387. The van der Waals surface area contributed by atoms with Crippen molar-refractivity contribution in [1.29, 1.82) is 0 Å². The molecule has 1 N–H and O–H groups in total. The maximum absolute atomic E-state index is 10.2. The highest BCUT2D eigenvalue weighted by molar-refractivity contribution is 5.01. The molecule has 1 aromatic heterocycles. The number of nitrogens with zero attached hydrogens (tertiary/aromatic N) is 3. The van der Waals surface area contributed by atoms with Gasteiger partial charge < -0.3 is 5.11 Å². The van der Waals surface area contributed by atoms with Crippen LogP contribution in [0.25, 0.3) is 0 Å². The quantitative estimate of drug-likeness (QED) is 0.824. The number of aliphatic hydroxyl groups is 1. The molecule has 15 heavy (non-hydrogen) atoms. The number of aromatic nitrogens is 3. The van der Waals surface area contributed by atoms with Crippen molar-refractivity contribution in [2.45, 2.75) is 38.7 Å². The molecule has 1 heterocycles. The van der Waals surface area contributed by atoms with Crippen LogP contribution < -0.4 is 0 Å². The van der Waals surface area contributed by atoms with E-state index in [0.29, 0.717) is 5.92 Å². The lowest BCUT2D eigenvalue weighted by Gasteiger charge is -2.17. The molecule has 2 rings (SSSR count). The monoisotopic (exact) mass is 209 g/mol. The molecule has 1 aromatic rings. The van der Waals surface area contributed by atoms with Crippen LogP contribution in [0.1, 0.15) is 44.4 Å². The maximum Gasteiger partial charge on any atom is 0.100 e. The summed E-state index contributed by atoms with van der Waals surface area (Å²) in [5.41, 5.74) is 0.844. The van der Waals surface area contributed by atoms with E-state index in [-0.39, 0.29) is 6.10 Å². The Balaban J connectivity index is 2.03. The van der Waals surface area contributed by atoms with Gasteiger partial charge in [0.05, 0.1) is 11.9 Å². The first-order valence-corrected chi connectivity index (χ1v) is 5.75. The highest BCUT2D eigenvalue weighted by Gasteiger charge is 2.31. The lowest BCUT2D eigenvalue weighted by atomic mass is 9.96. The van der Waals surface area contributed by atoms with Crippen molar-refractivity contribution in [3.05, 3.63) is 11.9 Å². The van der Waals surface area contributed by atoms with Crippen molar-refractivity contribution in [3.63, 3.8) is 0 Å². The van der Waals surface area contributed by atoms with Crippen LogP contribution in [0.15, 0.2) is 6.20 Å². The van der Waals surface area contributed by atoms with Crippen LogP contribution in [0.4, 0.5) is 0 Å². The van der Waals surface area contributed by atoms with Crippen LogP contribution in [-0.2, 0) is 7.05 Å². The first-order chi connectivity index (χ1) is 7.22. The Bertz CT molecular complexity index is 323. The molecule has 3 atom stereocenters. The van der Waals surface area contributed by atoms with E-state index in [1.165, 1.54) is 12.8 Å². The summed E-state index contributed by atoms with van der Waals surface area (Å²) in [6.07, 6.45) is 6.04. The lowest BCUT2D eigenvalue weighted by molar-refractivity contribution is 0.101. The van der Waals surface area contributed by atoms with Gasteiger partial charge in [0.25, 0.3) is 0 Å². The Morgan fingerprint density at radius 2 is 2.40 bits per heavy atom. The summed E-state index contributed by atoms with van der Waals surface area (Å²) in [6, 6.07) is 0. The van der Waals surface area contributed by atoms with Gasteiger partial charge in [-0.25, -0.2) is 4.68 Å². The molecule has 1 aliphatic rings. The average molecular weight is 209 g/mol. The summed E-state index contributed by atoms with van der Waals surface area (Å²) in [5, 5.41) is 17.9. The topological polar surface area (TPSA) is 50.9 Å². The van der Waals surface area contributed by atoms with Gasteiger partial charge in [-0.2, -0.15) is 0 Å². The summed E-state index contributed by atoms with van der Waals surface area (Å²) in [4.78, 5) is 0. The molecule has 0 spiro atoms. The molecule has 0 radical (unpaired) electrons. The second kappa shape index (κ2) is 4.31. The van der Waals surface area contributed by atoms with Crippen molar-refractivity contribution >= 4 is 0 Å². The zero-order valence-corrected chi connectivity index (χ0v) is 9.43. The molecular weight excluding hydrogens is 190 g/mol. The van der Waals surface area contributed by atoms with Gasteiger partial charge in [-0.15, -0.1) is 5.10 Å². The fourth-order valence-corrected chi connectivity index (χ4v) is 2.58. The highest BCUT2D eigenvalue weighted by atomic mass is 16.3. The fourth-order valence-electron chi connectivity index (χ4n) is 2.58. The Hall–Kier alpha value is -0.900. The normalized spacial score (nSPS) is 28.2. The summed E-state index contributed by atoms with van der Waals surface area (Å²) in [5.74, 6) is 1.19. The predicted octanol–water partition coefficient (Wildman–Crippen LogP) is 1.67. The minimum Gasteiger partial charge on any atom is -0.386 e. The lowest BCUT2D eigenvalue weighted by Crippen LogP contribution is -2.13. The van der Waals surface area contributed by atoms with Crippen LogP contribution in [0.3, 0.4) is 0 Å². The van der Waals surface area contributed by atoms with E-state index in [0.717, 1.165) is 24.5 Å². The number of rotatable bonds is 3. The number of hydrogen-bond donors (Lipinski definition) is 1. The van der Waals surface area contributed by atoms with Gasteiger partial charge in [0.1, 0.15) is 6.10 Å². The molecule has 3 unspecified atom stereocenters. The predicted molar refractivity (Wildman–Crippen MR) is 57.1 cm³/mol. The number of aryl methyl sites for hydroxylation is 1. The van der Waals surface area contributed by atoms with Gasteiger partial charge in [-0.05, 0) is 24.7 Å². The third kappa shape index (κ3) is 2.04. The smallest absolute Gasteiger partial charge is 0.100 e. The van der Waals surface area contributed by atoms with Crippen molar-refractivity contribution < 1.29 is 5.11 Å². The summed E-state index contributed by atoms with van der Waals surface area (Å²) >= 11 is 0.